The zero-order chi connectivity index (χ0) is 15.3. The van der Waals surface area contributed by atoms with E-state index in [1.54, 1.807) is 6.07 Å². The Labute approximate surface area is 121 Å². The molecule has 2 N–H and O–H groups in total. The highest BCUT2D eigenvalue weighted by Gasteiger charge is 2.14. The Bertz CT molecular complexity index is 714. The van der Waals surface area contributed by atoms with Gasteiger partial charge in [0.2, 0.25) is 10.0 Å². The van der Waals surface area contributed by atoms with Crippen LogP contribution in [0.15, 0.2) is 52.0 Å². The zero-order valence-electron chi connectivity index (χ0n) is 10.9. The van der Waals surface area contributed by atoms with Gasteiger partial charge in [-0.15, -0.1) is 0 Å². The fourth-order valence-corrected chi connectivity index (χ4v) is 2.64. The first-order chi connectivity index (χ1) is 9.99. The van der Waals surface area contributed by atoms with Gasteiger partial charge in [-0.1, -0.05) is 6.07 Å². The summed E-state index contributed by atoms with van der Waals surface area (Å²) in [7, 11) is -3.80. The molecule has 0 unspecified atom stereocenters. The number of halogens is 1. The normalized spacial score (nSPS) is 11.3. The van der Waals surface area contributed by atoms with E-state index < -0.39 is 21.7 Å². The molecule has 1 heterocycles. The van der Waals surface area contributed by atoms with Crippen LogP contribution < -0.4 is 10.0 Å². The van der Waals surface area contributed by atoms with E-state index in [1.165, 1.54) is 24.5 Å². The van der Waals surface area contributed by atoms with Gasteiger partial charge in [0, 0.05) is 13.1 Å². The summed E-state index contributed by atoms with van der Waals surface area (Å²) in [5.41, 5.74) is 0. The van der Waals surface area contributed by atoms with E-state index in [1.807, 2.05) is 0 Å². The number of rotatable bonds is 6. The molecule has 0 spiro atoms. The Kier molecular flexibility index (Phi) is 4.71. The SMILES string of the molecule is O=C(NCCNS(=O)(=O)c1cccc(F)c1)c1ccco1. The van der Waals surface area contributed by atoms with Crippen LogP contribution in [-0.4, -0.2) is 27.4 Å². The second-order valence-corrected chi connectivity index (χ2v) is 5.86. The first-order valence-corrected chi connectivity index (χ1v) is 7.54. The Morgan fingerprint density at radius 3 is 2.67 bits per heavy atom. The highest BCUT2D eigenvalue weighted by molar-refractivity contribution is 7.89. The topological polar surface area (TPSA) is 88.4 Å². The molecule has 0 bridgehead atoms. The highest BCUT2D eigenvalue weighted by atomic mass is 32.2. The van der Waals surface area contributed by atoms with Crippen molar-refractivity contribution in [2.45, 2.75) is 4.90 Å². The lowest BCUT2D eigenvalue weighted by atomic mass is 10.4. The first kappa shape index (κ1) is 15.2. The van der Waals surface area contributed by atoms with E-state index in [9.17, 15) is 17.6 Å². The Hall–Kier alpha value is -2.19. The summed E-state index contributed by atoms with van der Waals surface area (Å²) in [6, 6.07) is 7.73. The molecule has 0 atom stereocenters. The smallest absolute Gasteiger partial charge is 0.287 e. The molecule has 1 aromatic carbocycles. The van der Waals surface area contributed by atoms with Gasteiger partial charge in [-0.05, 0) is 30.3 Å². The van der Waals surface area contributed by atoms with Crippen LogP contribution in [0.1, 0.15) is 10.6 Å². The second kappa shape index (κ2) is 6.51. The van der Waals surface area contributed by atoms with E-state index in [2.05, 4.69) is 10.0 Å². The van der Waals surface area contributed by atoms with Crippen molar-refractivity contribution in [3.63, 3.8) is 0 Å². The maximum absolute atomic E-state index is 13.0. The molecular weight excluding hydrogens is 299 g/mol. The van der Waals surface area contributed by atoms with E-state index >= 15 is 0 Å². The number of nitrogens with one attached hydrogen (secondary N) is 2. The monoisotopic (exact) mass is 312 g/mol. The predicted molar refractivity (Wildman–Crippen MR) is 72.6 cm³/mol. The van der Waals surface area contributed by atoms with Gasteiger partial charge in [0.05, 0.1) is 11.2 Å². The zero-order valence-corrected chi connectivity index (χ0v) is 11.7. The standard InChI is InChI=1S/C13H13FN2O4S/c14-10-3-1-4-11(9-10)21(18,19)16-7-6-15-13(17)12-5-2-8-20-12/h1-5,8-9,16H,6-7H2,(H,15,17). The molecule has 6 nitrogen and oxygen atoms in total. The van der Waals surface area contributed by atoms with E-state index in [0.717, 1.165) is 12.1 Å². The molecule has 8 heteroatoms. The molecule has 0 saturated heterocycles. The summed E-state index contributed by atoms with van der Waals surface area (Å²) >= 11 is 0. The van der Waals surface area contributed by atoms with Crippen LogP contribution in [0.2, 0.25) is 0 Å². The number of sulfonamides is 1. The minimum absolute atomic E-state index is 0.0225. The minimum Gasteiger partial charge on any atom is -0.459 e. The maximum atomic E-state index is 13.0. The molecule has 0 radical (unpaired) electrons. The van der Waals surface area contributed by atoms with Crippen molar-refractivity contribution < 1.29 is 22.0 Å². The number of carbonyl (C=O) groups is 1. The van der Waals surface area contributed by atoms with Crippen LogP contribution in [0.3, 0.4) is 0 Å². The summed E-state index contributed by atoms with van der Waals surface area (Å²) in [5.74, 6) is -0.933. The van der Waals surface area contributed by atoms with Gasteiger partial charge in [-0.2, -0.15) is 0 Å². The van der Waals surface area contributed by atoms with Crippen LogP contribution in [0.4, 0.5) is 4.39 Å². The number of carbonyl (C=O) groups excluding carboxylic acids is 1. The molecule has 0 fully saturated rings. The van der Waals surface area contributed by atoms with Gasteiger partial charge in [0.1, 0.15) is 5.82 Å². The van der Waals surface area contributed by atoms with Crippen molar-refractivity contribution in [1.82, 2.24) is 10.0 Å². The minimum atomic E-state index is -3.80. The fourth-order valence-electron chi connectivity index (χ4n) is 1.57. The quantitative estimate of drug-likeness (QED) is 0.783. The molecular formula is C13H13FN2O4S. The fraction of sp³-hybridized carbons (Fsp3) is 0.154. The predicted octanol–water partition coefficient (Wildman–Crippen LogP) is 1.13. The van der Waals surface area contributed by atoms with E-state index in [4.69, 9.17) is 4.42 Å². The van der Waals surface area contributed by atoms with Crippen LogP contribution in [0, 0.1) is 5.82 Å². The van der Waals surface area contributed by atoms with Crippen LogP contribution in [0.25, 0.3) is 0 Å². The summed E-state index contributed by atoms with van der Waals surface area (Å²) < 4.78 is 43.8. The number of benzene rings is 1. The number of amides is 1. The van der Waals surface area contributed by atoms with Crippen molar-refractivity contribution in [3.05, 3.63) is 54.2 Å². The summed E-state index contributed by atoms with van der Waals surface area (Å²) in [6.45, 7) is 0.0549. The average molecular weight is 312 g/mol. The van der Waals surface area contributed by atoms with Crippen LogP contribution in [0.5, 0.6) is 0 Å². The molecule has 0 aliphatic heterocycles. The Morgan fingerprint density at radius 1 is 1.19 bits per heavy atom. The number of furan rings is 1. The molecule has 0 saturated carbocycles. The summed E-state index contributed by atoms with van der Waals surface area (Å²) in [6.07, 6.45) is 1.36. The lowest BCUT2D eigenvalue weighted by molar-refractivity contribution is 0.0926. The third kappa shape index (κ3) is 4.14. The second-order valence-electron chi connectivity index (χ2n) is 4.09. The van der Waals surface area contributed by atoms with Crippen molar-refractivity contribution in [2.24, 2.45) is 0 Å². The van der Waals surface area contributed by atoms with Gasteiger partial charge in [-0.25, -0.2) is 17.5 Å². The summed E-state index contributed by atoms with van der Waals surface area (Å²) in [5, 5.41) is 2.49. The van der Waals surface area contributed by atoms with Crippen LogP contribution in [-0.2, 0) is 10.0 Å². The molecule has 1 aromatic heterocycles. The summed E-state index contributed by atoms with van der Waals surface area (Å²) in [4.78, 5) is 11.3. The largest absolute Gasteiger partial charge is 0.459 e. The van der Waals surface area contributed by atoms with Crippen molar-refractivity contribution in [2.75, 3.05) is 13.1 Å². The van der Waals surface area contributed by atoms with Crippen LogP contribution >= 0.6 is 0 Å². The van der Waals surface area contributed by atoms with Gasteiger partial charge < -0.3 is 9.73 Å². The molecule has 2 aromatic rings. The Morgan fingerprint density at radius 2 is 2.00 bits per heavy atom. The van der Waals surface area contributed by atoms with Gasteiger partial charge in [0.25, 0.3) is 5.91 Å². The lowest BCUT2D eigenvalue weighted by Gasteiger charge is -2.07. The van der Waals surface area contributed by atoms with Crippen molar-refractivity contribution >= 4 is 15.9 Å². The third-order valence-corrected chi connectivity index (χ3v) is 4.01. The maximum Gasteiger partial charge on any atom is 0.287 e. The molecule has 2 rings (SSSR count). The Balaban J connectivity index is 1.84. The van der Waals surface area contributed by atoms with Gasteiger partial charge in [0.15, 0.2) is 5.76 Å². The average Bonchev–Trinajstić information content (AvgIpc) is 2.97. The van der Waals surface area contributed by atoms with E-state index in [0.29, 0.717) is 0 Å². The van der Waals surface area contributed by atoms with Gasteiger partial charge in [-0.3, -0.25) is 4.79 Å². The lowest BCUT2D eigenvalue weighted by Crippen LogP contribution is -2.34. The van der Waals surface area contributed by atoms with Crippen molar-refractivity contribution in [1.29, 1.82) is 0 Å². The van der Waals surface area contributed by atoms with Gasteiger partial charge >= 0.3 is 0 Å². The first-order valence-electron chi connectivity index (χ1n) is 6.06. The third-order valence-electron chi connectivity index (χ3n) is 2.55. The number of hydrogen-bond donors (Lipinski definition) is 2. The molecule has 0 aliphatic rings. The molecule has 112 valence electrons. The van der Waals surface area contributed by atoms with E-state index in [-0.39, 0.29) is 23.7 Å². The highest BCUT2D eigenvalue weighted by Crippen LogP contribution is 2.09. The van der Waals surface area contributed by atoms with Crippen molar-refractivity contribution in [3.8, 4) is 0 Å². The number of hydrogen-bond acceptors (Lipinski definition) is 4. The molecule has 1 amide bonds. The molecule has 0 aliphatic carbocycles. The molecule has 21 heavy (non-hydrogen) atoms.